The molecule has 0 aliphatic carbocycles. The second-order valence-electron chi connectivity index (χ2n) is 6.76. The Kier molecular flexibility index (Phi) is 9.60. The van der Waals surface area contributed by atoms with Gasteiger partial charge in [0.1, 0.15) is 11.8 Å². The Morgan fingerprint density at radius 3 is 2.50 bits per heavy atom. The van der Waals surface area contributed by atoms with Crippen LogP contribution in [0.1, 0.15) is 18.0 Å². The van der Waals surface area contributed by atoms with Crippen molar-refractivity contribution in [1.82, 2.24) is 10.2 Å². The van der Waals surface area contributed by atoms with Gasteiger partial charge in [0.25, 0.3) is 0 Å². The van der Waals surface area contributed by atoms with Crippen LogP contribution in [0.25, 0.3) is 0 Å². The van der Waals surface area contributed by atoms with E-state index in [-0.39, 0.29) is 18.4 Å². The topological polar surface area (TPSA) is 79.9 Å². The Hall–Kier alpha value is -2.61. The van der Waals surface area contributed by atoms with Crippen LogP contribution in [0.4, 0.5) is 5.69 Å². The summed E-state index contributed by atoms with van der Waals surface area (Å²) in [6.45, 7) is 1.17. The van der Waals surface area contributed by atoms with Gasteiger partial charge in [-0.05, 0) is 37.2 Å². The van der Waals surface area contributed by atoms with E-state index in [2.05, 4.69) is 10.6 Å². The molecule has 0 spiro atoms. The molecule has 162 valence electrons. The first-order valence-electron chi connectivity index (χ1n) is 9.61. The zero-order chi connectivity index (χ0) is 21.9. The van der Waals surface area contributed by atoms with Gasteiger partial charge >= 0.3 is 0 Å². The van der Waals surface area contributed by atoms with Crippen LogP contribution in [0.15, 0.2) is 48.5 Å². The quantitative estimate of drug-likeness (QED) is 0.532. The van der Waals surface area contributed by atoms with Crippen LogP contribution in [0.5, 0.6) is 5.75 Å². The number of halogens is 1. The third-order valence-electron chi connectivity index (χ3n) is 4.46. The fourth-order valence-corrected chi connectivity index (χ4v) is 3.27. The van der Waals surface area contributed by atoms with Crippen molar-refractivity contribution in [1.29, 1.82) is 0 Å². The molecule has 7 nitrogen and oxygen atoms in total. The van der Waals surface area contributed by atoms with Gasteiger partial charge in [-0.2, -0.15) is 0 Å². The average Bonchev–Trinajstić information content (AvgIpc) is 2.72. The van der Waals surface area contributed by atoms with Crippen molar-refractivity contribution in [3.63, 3.8) is 0 Å². The largest absolute Gasteiger partial charge is 0.495 e. The monoisotopic (exact) mass is 433 g/mol. The zero-order valence-electron chi connectivity index (χ0n) is 17.5. The van der Waals surface area contributed by atoms with Crippen molar-refractivity contribution in [3.05, 3.63) is 59.1 Å². The normalized spacial score (nSPS) is 11.8. The zero-order valence-corrected chi connectivity index (χ0v) is 18.2. The molecule has 0 bridgehead atoms. The van der Waals surface area contributed by atoms with Gasteiger partial charge in [0.2, 0.25) is 11.8 Å². The molecular weight excluding hydrogens is 406 g/mol. The minimum absolute atomic E-state index is 0.0727. The Balaban J connectivity index is 2.12. The lowest BCUT2D eigenvalue weighted by Gasteiger charge is -2.27. The van der Waals surface area contributed by atoms with Crippen LogP contribution in [0.2, 0.25) is 5.02 Å². The van der Waals surface area contributed by atoms with E-state index in [4.69, 9.17) is 21.1 Å². The number of hydrogen-bond donors (Lipinski definition) is 2. The first-order chi connectivity index (χ1) is 14.5. The number of benzene rings is 2. The molecule has 0 saturated heterocycles. The summed E-state index contributed by atoms with van der Waals surface area (Å²) in [5.74, 6) is 0.100. The second-order valence-corrected chi connectivity index (χ2v) is 7.17. The molecule has 1 atom stereocenters. The molecule has 0 saturated carbocycles. The molecule has 8 heteroatoms. The highest BCUT2D eigenvalue weighted by Crippen LogP contribution is 2.28. The second kappa shape index (κ2) is 12.2. The summed E-state index contributed by atoms with van der Waals surface area (Å²) in [7, 11) is 4.89. The van der Waals surface area contributed by atoms with Gasteiger partial charge in [-0.15, -0.1) is 0 Å². The molecule has 30 heavy (non-hydrogen) atoms. The van der Waals surface area contributed by atoms with Gasteiger partial charge in [0.15, 0.2) is 0 Å². The van der Waals surface area contributed by atoms with E-state index in [9.17, 15) is 9.59 Å². The van der Waals surface area contributed by atoms with Gasteiger partial charge in [-0.1, -0.05) is 41.9 Å². The fourth-order valence-electron chi connectivity index (χ4n) is 3.01. The van der Waals surface area contributed by atoms with Gasteiger partial charge in [-0.3, -0.25) is 14.5 Å². The molecule has 2 rings (SSSR count). The molecule has 0 aromatic heterocycles. The summed E-state index contributed by atoms with van der Waals surface area (Å²) in [5.41, 5.74) is 1.33. The van der Waals surface area contributed by atoms with Crippen molar-refractivity contribution in [2.45, 2.75) is 12.5 Å². The Bertz CT molecular complexity index is 832. The number of carbonyl (C=O) groups excluding carboxylic acids is 2. The van der Waals surface area contributed by atoms with E-state index >= 15 is 0 Å². The number of carbonyl (C=O) groups is 2. The van der Waals surface area contributed by atoms with Crippen LogP contribution < -0.4 is 15.4 Å². The molecule has 0 heterocycles. The maximum Gasteiger partial charge on any atom is 0.246 e. The van der Waals surface area contributed by atoms with Gasteiger partial charge in [-0.25, -0.2) is 0 Å². The van der Waals surface area contributed by atoms with Crippen LogP contribution in [-0.2, 0) is 14.3 Å². The summed E-state index contributed by atoms with van der Waals surface area (Å²) >= 11 is 6.16. The van der Waals surface area contributed by atoms with Gasteiger partial charge in [0, 0.05) is 25.9 Å². The summed E-state index contributed by atoms with van der Waals surface area (Å²) < 4.78 is 10.1. The molecule has 1 unspecified atom stereocenters. The molecule has 0 aliphatic heterocycles. The number of ether oxygens (including phenoxy) is 2. The van der Waals surface area contributed by atoms with Crippen LogP contribution >= 0.6 is 11.6 Å². The van der Waals surface area contributed by atoms with Gasteiger partial charge in [0.05, 0.1) is 18.7 Å². The van der Waals surface area contributed by atoms with Crippen molar-refractivity contribution < 1.29 is 19.1 Å². The smallest absolute Gasteiger partial charge is 0.246 e. The number of hydrogen-bond acceptors (Lipinski definition) is 5. The predicted octanol–water partition coefficient (Wildman–Crippen LogP) is 3.11. The van der Waals surface area contributed by atoms with E-state index in [0.29, 0.717) is 29.6 Å². The van der Waals surface area contributed by atoms with Crippen LogP contribution in [-0.4, -0.2) is 57.7 Å². The summed E-state index contributed by atoms with van der Waals surface area (Å²) in [4.78, 5) is 27.1. The first-order valence-corrected chi connectivity index (χ1v) is 9.99. The minimum atomic E-state index is -0.656. The summed E-state index contributed by atoms with van der Waals surface area (Å²) in [6.07, 6.45) is 0.729. The van der Waals surface area contributed by atoms with Crippen molar-refractivity contribution in [2.75, 3.05) is 46.3 Å². The lowest BCUT2D eigenvalue weighted by Crippen LogP contribution is -2.41. The molecule has 0 aliphatic rings. The molecule has 2 aromatic rings. The van der Waals surface area contributed by atoms with Crippen LogP contribution in [0.3, 0.4) is 0 Å². The lowest BCUT2D eigenvalue weighted by molar-refractivity contribution is -0.125. The van der Waals surface area contributed by atoms with Crippen molar-refractivity contribution in [3.8, 4) is 5.75 Å². The molecule has 2 amide bonds. The maximum atomic E-state index is 13.1. The molecule has 0 radical (unpaired) electrons. The molecular formula is C22H28ClN3O4. The Morgan fingerprint density at radius 2 is 1.87 bits per heavy atom. The Morgan fingerprint density at radius 1 is 1.13 bits per heavy atom. The third-order valence-corrected chi connectivity index (χ3v) is 4.76. The maximum absolute atomic E-state index is 13.1. The van der Waals surface area contributed by atoms with E-state index in [1.807, 2.05) is 30.3 Å². The summed E-state index contributed by atoms with van der Waals surface area (Å²) in [5, 5.41) is 6.12. The van der Waals surface area contributed by atoms with Crippen LogP contribution in [0, 0.1) is 0 Å². The highest BCUT2D eigenvalue weighted by atomic mass is 35.5. The lowest BCUT2D eigenvalue weighted by atomic mass is 10.0. The van der Waals surface area contributed by atoms with E-state index < -0.39 is 6.04 Å². The number of methoxy groups -OCH3 is 2. The Labute approximate surface area is 182 Å². The van der Waals surface area contributed by atoms with Crippen molar-refractivity contribution >= 4 is 29.1 Å². The van der Waals surface area contributed by atoms with E-state index in [0.717, 1.165) is 12.0 Å². The standard InChI is InChI=1S/C22H28ClN3O4/c1-26(15-20(27)24-12-7-13-29-2)21(16-8-5-4-6-9-16)22(28)25-17-10-11-19(30-3)18(23)14-17/h4-6,8-11,14,21H,7,12-13,15H2,1-3H3,(H,24,27)(H,25,28). The molecule has 0 fully saturated rings. The minimum Gasteiger partial charge on any atom is -0.495 e. The molecule has 2 N–H and O–H groups in total. The number of rotatable bonds is 11. The SMILES string of the molecule is COCCCNC(=O)CN(C)C(C(=O)Nc1ccc(OC)c(Cl)c1)c1ccccc1. The summed E-state index contributed by atoms with van der Waals surface area (Å²) in [6, 6.07) is 13.7. The van der Waals surface area contributed by atoms with Gasteiger partial charge < -0.3 is 20.1 Å². The first kappa shape index (κ1) is 23.7. The number of anilines is 1. The predicted molar refractivity (Wildman–Crippen MR) is 118 cm³/mol. The number of likely N-dealkylation sites (N-methyl/N-ethyl adjacent to an activating group) is 1. The molecule has 2 aromatic carbocycles. The number of nitrogens with zero attached hydrogens (tertiary/aromatic N) is 1. The number of nitrogens with one attached hydrogen (secondary N) is 2. The average molecular weight is 434 g/mol. The number of amides is 2. The fraction of sp³-hybridized carbons (Fsp3) is 0.364. The third kappa shape index (κ3) is 7.02. The van der Waals surface area contributed by atoms with E-state index in [1.54, 1.807) is 37.3 Å². The van der Waals surface area contributed by atoms with Crippen molar-refractivity contribution in [2.24, 2.45) is 0 Å². The highest BCUT2D eigenvalue weighted by molar-refractivity contribution is 6.32. The highest BCUT2D eigenvalue weighted by Gasteiger charge is 2.26. The van der Waals surface area contributed by atoms with E-state index in [1.165, 1.54) is 7.11 Å².